The van der Waals surface area contributed by atoms with Crippen LogP contribution in [-0.4, -0.2) is 52.5 Å². The van der Waals surface area contributed by atoms with Gasteiger partial charge in [-0.15, -0.1) is 0 Å². The van der Waals surface area contributed by atoms with Crippen LogP contribution in [0.4, 0.5) is 5.82 Å². The second-order valence-corrected chi connectivity index (χ2v) is 8.12. The summed E-state index contributed by atoms with van der Waals surface area (Å²) in [7, 11) is 3.94. The zero-order valence-electron chi connectivity index (χ0n) is 19.0. The van der Waals surface area contributed by atoms with Crippen LogP contribution in [0.1, 0.15) is 13.0 Å². The van der Waals surface area contributed by atoms with Crippen molar-refractivity contribution in [2.24, 2.45) is 0 Å². The highest BCUT2D eigenvalue weighted by molar-refractivity contribution is 6.01. The van der Waals surface area contributed by atoms with E-state index in [4.69, 9.17) is 10.5 Å². The van der Waals surface area contributed by atoms with Crippen molar-refractivity contribution >= 4 is 22.8 Å². The lowest BCUT2D eigenvalue weighted by atomic mass is 10.1. The standard InChI is InChI=1S/C25H28N6O2/c1-17(25(32)27-13-14-30(2)3)31-15-21(22-23(26)28-16-29-24(22)31)18-9-11-20(12-10-18)33-19-7-5-4-6-8-19/h4-12,15-17H,13-14H2,1-3H3,(H,27,32)(H2,26,28,29). The van der Waals surface area contributed by atoms with Gasteiger partial charge < -0.3 is 25.3 Å². The number of amides is 1. The number of ether oxygens (including phenoxy) is 1. The number of para-hydroxylation sites is 1. The molecule has 1 atom stereocenters. The van der Waals surface area contributed by atoms with Gasteiger partial charge in [-0.25, -0.2) is 9.97 Å². The van der Waals surface area contributed by atoms with E-state index in [9.17, 15) is 4.79 Å². The van der Waals surface area contributed by atoms with Gasteiger partial charge in [-0.2, -0.15) is 0 Å². The van der Waals surface area contributed by atoms with Crippen LogP contribution in [0, 0.1) is 0 Å². The third-order valence-electron chi connectivity index (χ3n) is 5.44. The van der Waals surface area contributed by atoms with Crippen molar-refractivity contribution in [3.05, 3.63) is 67.1 Å². The van der Waals surface area contributed by atoms with Crippen LogP contribution in [0.2, 0.25) is 0 Å². The molecule has 4 rings (SSSR count). The van der Waals surface area contributed by atoms with Crippen LogP contribution in [0.25, 0.3) is 22.2 Å². The van der Waals surface area contributed by atoms with Gasteiger partial charge in [0.15, 0.2) is 0 Å². The summed E-state index contributed by atoms with van der Waals surface area (Å²) in [6, 6.07) is 16.9. The molecule has 2 aromatic heterocycles. The zero-order valence-corrected chi connectivity index (χ0v) is 19.0. The number of hydrogen-bond acceptors (Lipinski definition) is 6. The van der Waals surface area contributed by atoms with E-state index in [-0.39, 0.29) is 5.91 Å². The molecule has 4 aromatic rings. The number of fused-ring (bicyclic) bond motifs is 1. The van der Waals surface area contributed by atoms with E-state index in [1.807, 2.05) is 91.3 Å². The van der Waals surface area contributed by atoms with Crippen LogP contribution >= 0.6 is 0 Å². The van der Waals surface area contributed by atoms with Crippen LogP contribution in [-0.2, 0) is 4.79 Å². The normalized spacial score (nSPS) is 12.1. The number of anilines is 1. The van der Waals surface area contributed by atoms with Gasteiger partial charge >= 0.3 is 0 Å². The number of rotatable bonds is 8. The van der Waals surface area contributed by atoms with Gasteiger partial charge in [-0.05, 0) is 50.8 Å². The summed E-state index contributed by atoms with van der Waals surface area (Å²) in [6.07, 6.45) is 3.34. The van der Waals surface area contributed by atoms with E-state index in [0.29, 0.717) is 18.0 Å². The number of nitrogen functional groups attached to an aromatic ring is 1. The van der Waals surface area contributed by atoms with Crippen molar-refractivity contribution in [3.8, 4) is 22.6 Å². The highest BCUT2D eigenvalue weighted by Gasteiger charge is 2.22. The fraction of sp³-hybridized carbons (Fsp3) is 0.240. The quantitative estimate of drug-likeness (QED) is 0.430. The summed E-state index contributed by atoms with van der Waals surface area (Å²) in [5.74, 6) is 1.79. The topological polar surface area (TPSA) is 98.3 Å². The number of carbonyl (C=O) groups is 1. The van der Waals surface area contributed by atoms with Crippen molar-refractivity contribution in [1.29, 1.82) is 0 Å². The molecule has 0 aliphatic rings. The number of nitrogens with one attached hydrogen (secondary N) is 1. The van der Waals surface area contributed by atoms with Crippen LogP contribution in [0.5, 0.6) is 11.5 Å². The maximum absolute atomic E-state index is 12.8. The maximum atomic E-state index is 12.8. The van der Waals surface area contributed by atoms with Gasteiger partial charge in [0, 0.05) is 24.8 Å². The maximum Gasteiger partial charge on any atom is 0.242 e. The average Bonchev–Trinajstić information content (AvgIpc) is 3.20. The molecule has 3 N–H and O–H groups in total. The minimum atomic E-state index is -0.460. The molecule has 0 aliphatic carbocycles. The summed E-state index contributed by atoms with van der Waals surface area (Å²) >= 11 is 0. The Hall–Kier alpha value is -3.91. The van der Waals surface area contributed by atoms with Gasteiger partial charge in [-0.3, -0.25) is 4.79 Å². The van der Waals surface area contributed by atoms with Crippen LogP contribution in [0.15, 0.2) is 67.1 Å². The molecule has 8 nitrogen and oxygen atoms in total. The number of nitrogens with two attached hydrogens (primary N) is 1. The molecule has 0 bridgehead atoms. The summed E-state index contributed by atoms with van der Waals surface area (Å²) in [5.41, 5.74) is 8.65. The molecular formula is C25H28N6O2. The highest BCUT2D eigenvalue weighted by atomic mass is 16.5. The SMILES string of the molecule is CC(C(=O)NCCN(C)C)n1cc(-c2ccc(Oc3ccccc3)cc2)c2c(N)ncnc21. The summed E-state index contributed by atoms with van der Waals surface area (Å²) in [5, 5.41) is 3.70. The molecule has 2 aromatic carbocycles. The van der Waals surface area contributed by atoms with Crippen molar-refractivity contribution in [3.63, 3.8) is 0 Å². The Bertz CT molecular complexity index is 1240. The van der Waals surface area contributed by atoms with E-state index >= 15 is 0 Å². The number of likely N-dealkylation sites (N-methyl/N-ethyl adjacent to an activating group) is 1. The fourth-order valence-electron chi connectivity index (χ4n) is 3.63. The van der Waals surface area contributed by atoms with E-state index in [2.05, 4.69) is 15.3 Å². The minimum absolute atomic E-state index is 0.0795. The molecule has 2 heterocycles. The summed E-state index contributed by atoms with van der Waals surface area (Å²) in [4.78, 5) is 23.4. The zero-order chi connectivity index (χ0) is 23.4. The first-order valence-corrected chi connectivity index (χ1v) is 10.8. The second kappa shape index (κ2) is 9.70. The van der Waals surface area contributed by atoms with Gasteiger partial charge in [0.25, 0.3) is 0 Å². The Kier molecular flexibility index (Phi) is 6.55. The van der Waals surface area contributed by atoms with Gasteiger partial charge in [0.2, 0.25) is 5.91 Å². The van der Waals surface area contributed by atoms with Gasteiger partial charge in [0.1, 0.15) is 35.3 Å². The van der Waals surface area contributed by atoms with Crippen molar-refractivity contribution in [1.82, 2.24) is 24.8 Å². The Morgan fingerprint density at radius 1 is 1.09 bits per heavy atom. The highest BCUT2D eigenvalue weighted by Crippen LogP contribution is 2.35. The van der Waals surface area contributed by atoms with E-state index < -0.39 is 6.04 Å². The molecular weight excluding hydrogens is 416 g/mol. The first kappa shape index (κ1) is 22.3. The molecule has 0 saturated carbocycles. The Balaban J connectivity index is 1.64. The smallest absolute Gasteiger partial charge is 0.242 e. The molecule has 0 aliphatic heterocycles. The van der Waals surface area contributed by atoms with Crippen LogP contribution in [0.3, 0.4) is 0 Å². The molecule has 0 saturated heterocycles. The Labute approximate surface area is 193 Å². The molecule has 1 amide bonds. The van der Waals surface area contributed by atoms with E-state index in [1.54, 1.807) is 0 Å². The van der Waals surface area contributed by atoms with Crippen molar-refractivity contribution < 1.29 is 9.53 Å². The van der Waals surface area contributed by atoms with Gasteiger partial charge in [0.05, 0.1) is 5.39 Å². The van der Waals surface area contributed by atoms with E-state index in [1.165, 1.54) is 6.33 Å². The number of carbonyl (C=O) groups excluding carboxylic acids is 1. The lowest BCUT2D eigenvalue weighted by Crippen LogP contribution is -2.35. The molecule has 170 valence electrons. The number of aromatic nitrogens is 3. The van der Waals surface area contributed by atoms with E-state index in [0.717, 1.165) is 34.6 Å². The largest absolute Gasteiger partial charge is 0.457 e. The first-order valence-electron chi connectivity index (χ1n) is 10.8. The first-order chi connectivity index (χ1) is 15.9. The second-order valence-electron chi connectivity index (χ2n) is 8.12. The molecule has 1 unspecified atom stereocenters. The third kappa shape index (κ3) is 4.96. The molecule has 0 fully saturated rings. The third-order valence-corrected chi connectivity index (χ3v) is 5.44. The number of nitrogens with zero attached hydrogens (tertiary/aromatic N) is 4. The fourth-order valence-corrected chi connectivity index (χ4v) is 3.63. The molecule has 0 radical (unpaired) electrons. The lowest BCUT2D eigenvalue weighted by molar-refractivity contribution is -0.123. The van der Waals surface area contributed by atoms with Gasteiger partial charge in [-0.1, -0.05) is 30.3 Å². The van der Waals surface area contributed by atoms with Crippen molar-refractivity contribution in [2.45, 2.75) is 13.0 Å². The number of benzene rings is 2. The van der Waals surface area contributed by atoms with Crippen LogP contribution < -0.4 is 15.8 Å². The summed E-state index contributed by atoms with van der Waals surface area (Å²) in [6.45, 7) is 3.19. The average molecular weight is 445 g/mol. The minimum Gasteiger partial charge on any atom is -0.457 e. The molecule has 0 spiro atoms. The molecule has 33 heavy (non-hydrogen) atoms. The monoisotopic (exact) mass is 444 g/mol. The van der Waals surface area contributed by atoms with Crippen molar-refractivity contribution in [2.75, 3.05) is 32.9 Å². The predicted octanol–water partition coefficient (Wildman–Crippen LogP) is 3.71. The Morgan fingerprint density at radius 2 is 1.79 bits per heavy atom. The lowest BCUT2D eigenvalue weighted by Gasteiger charge is -2.16. The number of hydrogen-bond donors (Lipinski definition) is 2. The molecule has 8 heteroatoms. The Morgan fingerprint density at radius 3 is 2.48 bits per heavy atom. The predicted molar refractivity (Wildman–Crippen MR) is 130 cm³/mol. The summed E-state index contributed by atoms with van der Waals surface area (Å²) < 4.78 is 7.75.